The van der Waals surface area contributed by atoms with Gasteiger partial charge in [0.25, 0.3) is 5.91 Å². The highest BCUT2D eigenvalue weighted by atomic mass is 32.1. The maximum atomic E-state index is 12.3. The number of rotatable bonds is 4. The van der Waals surface area contributed by atoms with Gasteiger partial charge in [-0.2, -0.15) is 0 Å². The first kappa shape index (κ1) is 16.1. The summed E-state index contributed by atoms with van der Waals surface area (Å²) in [7, 11) is 0. The molecule has 122 valence electrons. The van der Waals surface area contributed by atoms with Crippen LogP contribution >= 0.6 is 11.3 Å². The summed E-state index contributed by atoms with van der Waals surface area (Å²) in [6.07, 6.45) is 1.09. The number of amides is 1. The van der Waals surface area contributed by atoms with Crippen molar-refractivity contribution in [1.29, 1.82) is 0 Å². The molecule has 23 heavy (non-hydrogen) atoms. The zero-order valence-electron chi connectivity index (χ0n) is 13.0. The molecule has 2 aromatic rings. The van der Waals surface area contributed by atoms with Gasteiger partial charge in [-0.15, -0.1) is 11.3 Å². The van der Waals surface area contributed by atoms with Crippen molar-refractivity contribution < 1.29 is 14.6 Å². The Hall–Kier alpha value is -1.76. The van der Waals surface area contributed by atoms with Crippen LogP contribution in [0.15, 0.2) is 29.6 Å². The first-order valence-corrected chi connectivity index (χ1v) is 8.55. The molecule has 0 spiro atoms. The average molecular weight is 332 g/mol. The first-order valence-electron chi connectivity index (χ1n) is 7.67. The van der Waals surface area contributed by atoms with Crippen LogP contribution < -0.4 is 5.32 Å². The molecule has 1 aliphatic heterocycles. The molecule has 0 radical (unpaired) electrons. The van der Waals surface area contributed by atoms with Gasteiger partial charge in [-0.05, 0) is 19.1 Å². The molecule has 5 nitrogen and oxygen atoms in total. The lowest BCUT2D eigenvalue weighted by Crippen LogP contribution is -2.46. The highest BCUT2D eigenvalue weighted by molar-refractivity contribution is 7.09. The number of hydrogen-bond acceptors (Lipinski definition) is 5. The number of aliphatic hydroxyl groups is 1. The van der Waals surface area contributed by atoms with E-state index in [4.69, 9.17) is 4.74 Å². The summed E-state index contributed by atoms with van der Waals surface area (Å²) in [5.74, 6) is -0.182. The van der Waals surface area contributed by atoms with Crippen LogP contribution in [0.4, 0.5) is 0 Å². The molecule has 0 bridgehead atoms. The van der Waals surface area contributed by atoms with Crippen LogP contribution in [-0.4, -0.2) is 41.4 Å². The number of carbonyl (C=O) groups excluding carboxylic acids is 1. The number of carbonyl (C=O) groups is 1. The zero-order valence-corrected chi connectivity index (χ0v) is 13.9. The second-order valence-electron chi connectivity index (χ2n) is 5.85. The molecular weight excluding hydrogens is 312 g/mol. The Morgan fingerprint density at radius 3 is 2.91 bits per heavy atom. The van der Waals surface area contributed by atoms with Gasteiger partial charge < -0.3 is 15.2 Å². The summed E-state index contributed by atoms with van der Waals surface area (Å²) in [4.78, 5) is 16.8. The van der Waals surface area contributed by atoms with Crippen molar-refractivity contribution >= 4 is 17.2 Å². The molecule has 1 aromatic heterocycles. The Balaban J connectivity index is 1.68. The normalized spacial score (nSPS) is 17.0. The molecule has 1 amide bonds. The minimum atomic E-state index is -0.864. The second-order valence-corrected chi connectivity index (χ2v) is 6.91. The van der Waals surface area contributed by atoms with Gasteiger partial charge in [0, 0.05) is 49.1 Å². The van der Waals surface area contributed by atoms with Gasteiger partial charge in [0.1, 0.15) is 0 Å². The van der Waals surface area contributed by atoms with Crippen molar-refractivity contribution in [2.24, 2.45) is 0 Å². The van der Waals surface area contributed by atoms with Crippen LogP contribution in [0.1, 0.15) is 28.2 Å². The lowest BCUT2D eigenvalue weighted by atomic mass is 9.94. The summed E-state index contributed by atoms with van der Waals surface area (Å²) >= 11 is 1.59. The van der Waals surface area contributed by atoms with E-state index in [1.165, 1.54) is 0 Å². The monoisotopic (exact) mass is 332 g/mol. The number of aryl methyl sites for hydroxylation is 1. The van der Waals surface area contributed by atoms with Gasteiger partial charge in [0.05, 0.1) is 16.3 Å². The van der Waals surface area contributed by atoms with Crippen molar-refractivity contribution in [2.75, 3.05) is 19.8 Å². The van der Waals surface area contributed by atoms with Gasteiger partial charge in [-0.1, -0.05) is 12.1 Å². The Kier molecular flexibility index (Phi) is 4.75. The standard InChI is InChI=1S/C17H20N2O3S/c1-12-19-15(10-23-12)13-3-2-4-14(9-13)16(20)18-11-17(21)5-7-22-8-6-17/h2-4,9-10,21H,5-8,11H2,1H3,(H,18,20). The molecule has 6 heteroatoms. The average Bonchev–Trinajstić information content (AvgIpc) is 3.00. The smallest absolute Gasteiger partial charge is 0.251 e. The van der Waals surface area contributed by atoms with E-state index in [1.54, 1.807) is 17.4 Å². The van der Waals surface area contributed by atoms with E-state index in [2.05, 4.69) is 10.3 Å². The summed E-state index contributed by atoms with van der Waals surface area (Å²) < 4.78 is 5.24. The fourth-order valence-electron chi connectivity index (χ4n) is 2.59. The molecule has 0 atom stereocenters. The number of nitrogens with zero attached hydrogens (tertiary/aromatic N) is 1. The maximum absolute atomic E-state index is 12.3. The third kappa shape index (κ3) is 3.96. The SMILES string of the molecule is Cc1nc(-c2cccc(C(=O)NCC3(O)CCOCC3)c2)cs1. The van der Waals surface area contributed by atoms with Gasteiger partial charge >= 0.3 is 0 Å². The van der Waals surface area contributed by atoms with Gasteiger partial charge in [-0.3, -0.25) is 4.79 Å². The van der Waals surface area contributed by atoms with E-state index in [0.717, 1.165) is 16.3 Å². The summed E-state index contributed by atoms with van der Waals surface area (Å²) in [6, 6.07) is 7.39. The van der Waals surface area contributed by atoms with Crippen molar-refractivity contribution in [1.82, 2.24) is 10.3 Å². The van der Waals surface area contributed by atoms with Crippen molar-refractivity contribution in [2.45, 2.75) is 25.4 Å². The van der Waals surface area contributed by atoms with Crippen LogP contribution in [0, 0.1) is 6.92 Å². The Labute approximate surface area is 139 Å². The topological polar surface area (TPSA) is 71.5 Å². The summed E-state index contributed by atoms with van der Waals surface area (Å²) in [6.45, 7) is 3.27. The minimum absolute atomic E-state index is 0.182. The molecule has 0 aliphatic carbocycles. The first-order chi connectivity index (χ1) is 11.1. The molecule has 1 saturated heterocycles. The molecule has 2 heterocycles. The third-order valence-electron chi connectivity index (χ3n) is 4.04. The van der Waals surface area contributed by atoms with Crippen LogP contribution in [-0.2, 0) is 4.74 Å². The van der Waals surface area contributed by atoms with Gasteiger partial charge in [0.15, 0.2) is 0 Å². The highest BCUT2D eigenvalue weighted by Gasteiger charge is 2.30. The third-order valence-corrected chi connectivity index (χ3v) is 4.81. The molecule has 1 aliphatic rings. The largest absolute Gasteiger partial charge is 0.388 e. The number of nitrogens with one attached hydrogen (secondary N) is 1. The van der Waals surface area contributed by atoms with E-state index in [1.807, 2.05) is 30.5 Å². The molecule has 0 saturated carbocycles. The number of benzene rings is 1. The Morgan fingerprint density at radius 1 is 1.43 bits per heavy atom. The van der Waals surface area contributed by atoms with E-state index in [-0.39, 0.29) is 12.5 Å². The molecule has 3 rings (SSSR count). The van der Waals surface area contributed by atoms with Crippen molar-refractivity contribution in [3.63, 3.8) is 0 Å². The Morgan fingerprint density at radius 2 is 2.22 bits per heavy atom. The number of ether oxygens (including phenoxy) is 1. The van der Waals surface area contributed by atoms with E-state index >= 15 is 0 Å². The van der Waals surface area contributed by atoms with Crippen molar-refractivity contribution in [3.8, 4) is 11.3 Å². The lowest BCUT2D eigenvalue weighted by Gasteiger charge is -2.32. The molecule has 1 fully saturated rings. The quantitative estimate of drug-likeness (QED) is 0.902. The fourth-order valence-corrected chi connectivity index (χ4v) is 3.21. The molecule has 1 aromatic carbocycles. The van der Waals surface area contributed by atoms with E-state index in [0.29, 0.717) is 31.6 Å². The predicted octanol–water partition coefficient (Wildman–Crippen LogP) is 2.39. The summed E-state index contributed by atoms with van der Waals surface area (Å²) in [5, 5.41) is 16.2. The predicted molar refractivity (Wildman–Crippen MR) is 89.6 cm³/mol. The maximum Gasteiger partial charge on any atom is 0.251 e. The van der Waals surface area contributed by atoms with Crippen LogP contribution in [0.5, 0.6) is 0 Å². The fraction of sp³-hybridized carbons (Fsp3) is 0.412. The van der Waals surface area contributed by atoms with Gasteiger partial charge in [-0.25, -0.2) is 4.98 Å². The minimum Gasteiger partial charge on any atom is -0.388 e. The van der Waals surface area contributed by atoms with Crippen LogP contribution in [0.2, 0.25) is 0 Å². The van der Waals surface area contributed by atoms with E-state index in [9.17, 15) is 9.90 Å². The molecule has 2 N–H and O–H groups in total. The van der Waals surface area contributed by atoms with Crippen LogP contribution in [0.25, 0.3) is 11.3 Å². The highest BCUT2D eigenvalue weighted by Crippen LogP contribution is 2.23. The van der Waals surface area contributed by atoms with E-state index < -0.39 is 5.60 Å². The van der Waals surface area contributed by atoms with Crippen molar-refractivity contribution in [3.05, 3.63) is 40.2 Å². The number of hydrogen-bond donors (Lipinski definition) is 2. The van der Waals surface area contributed by atoms with Gasteiger partial charge in [0.2, 0.25) is 0 Å². The second kappa shape index (κ2) is 6.78. The number of thiazole rings is 1. The lowest BCUT2D eigenvalue weighted by molar-refractivity contribution is -0.0605. The van der Waals surface area contributed by atoms with Crippen LogP contribution in [0.3, 0.4) is 0 Å². The molecular formula is C17H20N2O3S. The number of aromatic nitrogens is 1. The molecule has 0 unspecified atom stereocenters. The Bertz CT molecular complexity index is 693. The summed E-state index contributed by atoms with van der Waals surface area (Å²) in [5.41, 5.74) is 1.51. The zero-order chi connectivity index (χ0) is 16.3.